The molecule has 0 radical (unpaired) electrons. The molecule has 1 aromatic carbocycles. The summed E-state index contributed by atoms with van der Waals surface area (Å²) in [5.41, 5.74) is 2.08. The van der Waals surface area contributed by atoms with Crippen molar-refractivity contribution in [3.63, 3.8) is 0 Å². The molecule has 2 rings (SSSR count). The molecule has 0 unspecified atom stereocenters. The first kappa shape index (κ1) is 11.1. The Hall–Kier alpha value is -1.42. The summed E-state index contributed by atoms with van der Waals surface area (Å²) in [4.78, 5) is 3.16. The highest BCUT2D eigenvalue weighted by molar-refractivity contribution is 9.10. The molecule has 3 nitrogen and oxygen atoms in total. The van der Waals surface area contributed by atoms with Crippen molar-refractivity contribution < 1.29 is 9.47 Å². The van der Waals surface area contributed by atoms with Crippen LogP contribution in [0.2, 0.25) is 0 Å². The molecular weight excluding hydrogens is 270 g/mol. The molecule has 1 heterocycles. The molecule has 0 amide bonds. The van der Waals surface area contributed by atoms with Gasteiger partial charge < -0.3 is 14.5 Å². The highest BCUT2D eigenvalue weighted by atomic mass is 79.9. The summed E-state index contributed by atoms with van der Waals surface area (Å²) in [5, 5.41) is 0. The molecule has 0 atom stereocenters. The second-order valence-electron chi connectivity index (χ2n) is 3.27. The monoisotopic (exact) mass is 281 g/mol. The van der Waals surface area contributed by atoms with E-state index in [1.54, 1.807) is 14.2 Å². The van der Waals surface area contributed by atoms with Gasteiger partial charge >= 0.3 is 0 Å². The van der Waals surface area contributed by atoms with Crippen molar-refractivity contribution in [2.75, 3.05) is 14.2 Å². The molecule has 1 aromatic heterocycles. The fraction of sp³-hybridized carbons (Fsp3) is 0.167. The Morgan fingerprint density at radius 2 is 1.81 bits per heavy atom. The number of hydrogen-bond acceptors (Lipinski definition) is 2. The number of benzene rings is 1. The number of methoxy groups -OCH3 is 2. The minimum atomic E-state index is 0.713. The van der Waals surface area contributed by atoms with Crippen LogP contribution in [0, 0.1) is 0 Å². The molecule has 0 spiro atoms. The van der Waals surface area contributed by atoms with Gasteiger partial charge in [-0.3, -0.25) is 0 Å². The zero-order chi connectivity index (χ0) is 11.5. The van der Waals surface area contributed by atoms with Crippen LogP contribution in [0.4, 0.5) is 0 Å². The van der Waals surface area contributed by atoms with E-state index in [-0.39, 0.29) is 0 Å². The molecular formula is C12H12BrNO2. The Bertz CT molecular complexity index is 480. The topological polar surface area (TPSA) is 34.2 Å². The van der Waals surface area contributed by atoms with Crippen molar-refractivity contribution in [3.05, 3.63) is 34.9 Å². The zero-order valence-corrected chi connectivity index (χ0v) is 10.7. The normalized spacial score (nSPS) is 10.2. The number of rotatable bonds is 3. The smallest absolute Gasteiger partial charge is 0.161 e. The van der Waals surface area contributed by atoms with Gasteiger partial charge in [-0.1, -0.05) is 0 Å². The van der Waals surface area contributed by atoms with E-state index in [2.05, 4.69) is 20.9 Å². The number of hydrogen-bond donors (Lipinski definition) is 1. The van der Waals surface area contributed by atoms with Crippen molar-refractivity contribution in [1.29, 1.82) is 0 Å². The lowest BCUT2D eigenvalue weighted by atomic mass is 10.1. The van der Waals surface area contributed by atoms with Crippen LogP contribution in [0.3, 0.4) is 0 Å². The first-order valence-electron chi connectivity index (χ1n) is 4.81. The molecule has 4 heteroatoms. The maximum Gasteiger partial charge on any atom is 0.161 e. The lowest BCUT2D eigenvalue weighted by Gasteiger charge is -2.11. The summed E-state index contributed by atoms with van der Waals surface area (Å²) in [7, 11) is 3.25. The van der Waals surface area contributed by atoms with E-state index in [1.807, 2.05) is 30.5 Å². The van der Waals surface area contributed by atoms with Crippen LogP contribution in [0.1, 0.15) is 0 Å². The Labute approximate surface area is 103 Å². The molecule has 0 saturated carbocycles. The summed E-state index contributed by atoms with van der Waals surface area (Å²) < 4.78 is 11.5. The zero-order valence-electron chi connectivity index (χ0n) is 9.08. The average molecular weight is 282 g/mol. The van der Waals surface area contributed by atoms with Crippen LogP contribution in [-0.2, 0) is 0 Å². The van der Waals surface area contributed by atoms with E-state index >= 15 is 0 Å². The van der Waals surface area contributed by atoms with Gasteiger partial charge in [-0.2, -0.15) is 0 Å². The van der Waals surface area contributed by atoms with E-state index in [0.29, 0.717) is 5.75 Å². The average Bonchev–Trinajstić information content (AvgIpc) is 2.82. The third-order valence-electron chi connectivity index (χ3n) is 2.36. The van der Waals surface area contributed by atoms with Crippen LogP contribution < -0.4 is 9.47 Å². The number of H-pyrrole nitrogens is 1. The summed E-state index contributed by atoms with van der Waals surface area (Å²) in [6.45, 7) is 0. The van der Waals surface area contributed by atoms with E-state index in [9.17, 15) is 0 Å². The summed E-state index contributed by atoms with van der Waals surface area (Å²) in [5.74, 6) is 1.43. The van der Waals surface area contributed by atoms with Crippen molar-refractivity contribution in [1.82, 2.24) is 4.98 Å². The number of aromatic nitrogens is 1. The van der Waals surface area contributed by atoms with Crippen LogP contribution in [0.5, 0.6) is 11.5 Å². The fourth-order valence-corrected chi connectivity index (χ4v) is 2.09. The van der Waals surface area contributed by atoms with Crippen molar-refractivity contribution in [3.8, 4) is 22.8 Å². The lowest BCUT2D eigenvalue weighted by Crippen LogP contribution is -1.92. The summed E-state index contributed by atoms with van der Waals surface area (Å²) in [6, 6.07) is 7.80. The molecule has 84 valence electrons. The minimum absolute atomic E-state index is 0.713. The molecule has 2 aromatic rings. The van der Waals surface area contributed by atoms with E-state index < -0.39 is 0 Å². The quantitative estimate of drug-likeness (QED) is 0.935. The summed E-state index contributed by atoms with van der Waals surface area (Å²) in [6.07, 6.45) is 1.89. The Morgan fingerprint density at radius 1 is 1.12 bits per heavy atom. The minimum Gasteiger partial charge on any atom is -0.493 e. The largest absolute Gasteiger partial charge is 0.493 e. The maximum absolute atomic E-state index is 5.27. The molecule has 1 N–H and O–H groups in total. The molecule has 16 heavy (non-hydrogen) atoms. The number of ether oxygens (including phenoxy) is 2. The number of aromatic amines is 1. The molecule has 0 aliphatic heterocycles. The van der Waals surface area contributed by atoms with Gasteiger partial charge in [0.05, 0.1) is 14.2 Å². The third kappa shape index (κ3) is 1.93. The van der Waals surface area contributed by atoms with Gasteiger partial charge in [0.15, 0.2) is 11.5 Å². The van der Waals surface area contributed by atoms with Gasteiger partial charge in [-0.15, -0.1) is 0 Å². The van der Waals surface area contributed by atoms with Gasteiger partial charge in [-0.05, 0) is 40.2 Å². The van der Waals surface area contributed by atoms with Crippen LogP contribution >= 0.6 is 15.9 Å². The Kier molecular flexibility index (Phi) is 3.19. The standard InChI is InChI=1S/C12H12BrNO2/c1-15-11-6-8(10-4-3-5-14-10)9(13)7-12(11)16-2/h3-7,14H,1-2H3. The molecule has 0 saturated heterocycles. The first-order valence-corrected chi connectivity index (χ1v) is 5.61. The maximum atomic E-state index is 5.27. The SMILES string of the molecule is COc1cc(Br)c(-c2ccc[nH]2)cc1OC. The van der Waals surface area contributed by atoms with Crippen LogP contribution in [0.15, 0.2) is 34.9 Å². The predicted octanol–water partition coefficient (Wildman–Crippen LogP) is 3.46. The lowest BCUT2D eigenvalue weighted by molar-refractivity contribution is 0.355. The predicted molar refractivity (Wildman–Crippen MR) is 67.0 cm³/mol. The highest BCUT2D eigenvalue weighted by Gasteiger charge is 2.11. The number of halogens is 1. The second kappa shape index (κ2) is 4.61. The van der Waals surface area contributed by atoms with Crippen molar-refractivity contribution >= 4 is 15.9 Å². The van der Waals surface area contributed by atoms with E-state index in [0.717, 1.165) is 21.5 Å². The van der Waals surface area contributed by atoms with Gasteiger partial charge in [0.1, 0.15) is 0 Å². The van der Waals surface area contributed by atoms with Crippen LogP contribution in [0.25, 0.3) is 11.3 Å². The highest BCUT2D eigenvalue weighted by Crippen LogP contribution is 2.37. The van der Waals surface area contributed by atoms with Gasteiger partial charge in [0, 0.05) is 21.9 Å². The Balaban J connectivity index is 2.55. The molecule has 0 aliphatic carbocycles. The third-order valence-corrected chi connectivity index (χ3v) is 3.02. The summed E-state index contributed by atoms with van der Waals surface area (Å²) >= 11 is 3.52. The van der Waals surface area contributed by atoms with Crippen molar-refractivity contribution in [2.24, 2.45) is 0 Å². The molecule has 0 fully saturated rings. The number of nitrogens with one attached hydrogen (secondary N) is 1. The van der Waals surface area contributed by atoms with Gasteiger partial charge in [0.2, 0.25) is 0 Å². The first-order chi connectivity index (χ1) is 7.76. The Morgan fingerprint density at radius 3 is 2.38 bits per heavy atom. The van der Waals surface area contributed by atoms with Crippen molar-refractivity contribution in [2.45, 2.75) is 0 Å². The van der Waals surface area contributed by atoms with Gasteiger partial charge in [0.25, 0.3) is 0 Å². The van der Waals surface area contributed by atoms with E-state index in [4.69, 9.17) is 9.47 Å². The molecule has 0 bridgehead atoms. The fourth-order valence-electron chi connectivity index (χ4n) is 1.56. The second-order valence-corrected chi connectivity index (χ2v) is 4.13. The molecule has 0 aliphatic rings. The van der Waals surface area contributed by atoms with Gasteiger partial charge in [-0.25, -0.2) is 0 Å². The van der Waals surface area contributed by atoms with E-state index in [1.165, 1.54) is 0 Å². The van der Waals surface area contributed by atoms with Crippen LogP contribution in [-0.4, -0.2) is 19.2 Å².